The standard InChI is InChI=1S/C19H21Cl2N3O4S/c1-11(2)9-17(24-18(25)15-8-3-12(20)10-16(15)21)19(26)23-13-4-6-14(7-5-13)29(22,27)28/h3-8,10-11,17H,9H2,1-2H3,(H,23,26)(H,24,25)(H2,22,27,28)/t17-/m1/s1. The third-order valence-corrected chi connectivity index (χ3v) is 5.43. The summed E-state index contributed by atoms with van der Waals surface area (Å²) in [5, 5.41) is 11.0. The number of benzene rings is 2. The first kappa shape index (κ1) is 23.2. The number of hydrogen-bond acceptors (Lipinski definition) is 4. The topological polar surface area (TPSA) is 118 Å². The Kier molecular flexibility index (Phi) is 7.65. The Balaban J connectivity index is 2.16. The smallest absolute Gasteiger partial charge is 0.253 e. The number of nitrogens with one attached hydrogen (secondary N) is 2. The minimum absolute atomic E-state index is 0.0695. The molecule has 0 spiro atoms. The SMILES string of the molecule is CC(C)C[C@@H](NC(=O)c1ccc(Cl)cc1Cl)C(=O)Nc1ccc(S(N)(=O)=O)cc1. The number of primary sulfonamides is 1. The molecule has 1 atom stereocenters. The van der Waals surface area contributed by atoms with Crippen molar-refractivity contribution < 1.29 is 18.0 Å². The second-order valence-electron chi connectivity index (χ2n) is 6.84. The van der Waals surface area contributed by atoms with E-state index in [1.807, 2.05) is 13.8 Å². The Bertz CT molecular complexity index is 1010. The summed E-state index contributed by atoms with van der Waals surface area (Å²) in [6, 6.07) is 9.05. The van der Waals surface area contributed by atoms with E-state index in [0.717, 1.165) is 0 Å². The molecule has 156 valence electrons. The van der Waals surface area contributed by atoms with E-state index in [9.17, 15) is 18.0 Å². The molecule has 2 amide bonds. The van der Waals surface area contributed by atoms with Gasteiger partial charge in [-0.3, -0.25) is 9.59 Å². The molecular weight excluding hydrogens is 437 g/mol. The molecule has 29 heavy (non-hydrogen) atoms. The summed E-state index contributed by atoms with van der Waals surface area (Å²) in [5.41, 5.74) is 0.574. The van der Waals surface area contributed by atoms with Crippen LogP contribution in [0.4, 0.5) is 5.69 Å². The van der Waals surface area contributed by atoms with Crippen LogP contribution in [0.5, 0.6) is 0 Å². The predicted molar refractivity (Wildman–Crippen MR) is 114 cm³/mol. The normalized spacial score (nSPS) is 12.5. The zero-order chi connectivity index (χ0) is 21.8. The summed E-state index contributed by atoms with van der Waals surface area (Å²) in [6.07, 6.45) is 0.387. The lowest BCUT2D eigenvalue weighted by molar-refractivity contribution is -0.118. The molecule has 0 aromatic heterocycles. The zero-order valence-corrected chi connectivity index (χ0v) is 18.1. The van der Waals surface area contributed by atoms with Gasteiger partial charge >= 0.3 is 0 Å². The van der Waals surface area contributed by atoms with Gasteiger partial charge in [0.25, 0.3) is 5.91 Å². The van der Waals surface area contributed by atoms with Crippen LogP contribution in [0.3, 0.4) is 0 Å². The van der Waals surface area contributed by atoms with Crippen molar-refractivity contribution >= 4 is 50.7 Å². The third kappa shape index (κ3) is 6.71. The maximum Gasteiger partial charge on any atom is 0.253 e. The van der Waals surface area contributed by atoms with E-state index in [0.29, 0.717) is 17.1 Å². The van der Waals surface area contributed by atoms with Crippen molar-refractivity contribution in [1.29, 1.82) is 0 Å². The van der Waals surface area contributed by atoms with Crippen molar-refractivity contribution in [3.05, 3.63) is 58.1 Å². The van der Waals surface area contributed by atoms with Crippen molar-refractivity contribution in [2.75, 3.05) is 5.32 Å². The quantitative estimate of drug-likeness (QED) is 0.589. The van der Waals surface area contributed by atoms with Crippen LogP contribution >= 0.6 is 23.2 Å². The molecule has 0 saturated carbocycles. The fraction of sp³-hybridized carbons (Fsp3) is 0.263. The largest absolute Gasteiger partial charge is 0.340 e. The summed E-state index contributed by atoms with van der Waals surface area (Å²) in [7, 11) is -3.83. The van der Waals surface area contributed by atoms with Gasteiger partial charge in [0.05, 0.1) is 15.5 Å². The third-order valence-electron chi connectivity index (χ3n) is 3.96. The first-order valence-corrected chi connectivity index (χ1v) is 11.0. The Hall–Kier alpha value is -2.13. The van der Waals surface area contributed by atoms with Crippen LogP contribution in [0.1, 0.15) is 30.6 Å². The van der Waals surface area contributed by atoms with E-state index in [2.05, 4.69) is 10.6 Å². The van der Waals surface area contributed by atoms with Crippen LogP contribution in [0.25, 0.3) is 0 Å². The lowest BCUT2D eigenvalue weighted by Crippen LogP contribution is -2.44. The van der Waals surface area contributed by atoms with Crippen LogP contribution in [0.15, 0.2) is 47.4 Å². The predicted octanol–water partition coefficient (Wildman–Crippen LogP) is 3.42. The number of rotatable bonds is 7. The van der Waals surface area contributed by atoms with Gasteiger partial charge in [-0.15, -0.1) is 0 Å². The van der Waals surface area contributed by atoms with Crippen LogP contribution in [-0.4, -0.2) is 26.3 Å². The molecule has 0 radical (unpaired) electrons. The highest BCUT2D eigenvalue weighted by Gasteiger charge is 2.24. The monoisotopic (exact) mass is 457 g/mol. The molecule has 0 bridgehead atoms. The van der Waals surface area contributed by atoms with Gasteiger partial charge in [0, 0.05) is 10.7 Å². The van der Waals surface area contributed by atoms with Crippen molar-refractivity contribution in [2.24, 2.45) is 11.1 Å². The second-order valence-corrected chi connectivity index (χ2v) is 9.24. The molecule has 2 rings (SSSR count). The molecular formula is C19H21Cl2N3O4S. The molecule has 0 fully saturated rings. The van der Waals surface area contributed by atoms with Crippen LogP contribution in [-0.2, 0) is 14.8 Å². The number of anilines is 1. The van der Waals surface area contributed by atoms with E-state index in [1.165, 1.54) is 42.5 Å². The van der Waals surface area contributed by atoms with Crippen LogP contribution in [0.2, 0.25) is 10.0 Å². The number of sulfonamides is 1. The summed E-state index contributed by atoms with van der Waals surface area (Å²) in [4.78, 5) is 25.2. The average molecular weight is 458 g/mol. The Morgan fingerprint density at radius 1 is 1.07 bits per heavy atom. The fourth-order valence-corrected chi connectivity index (χ4v) is 3.58. The minimum Gasteiger partial charge on any atom is -0.340 e. The van der Waals surface area contributed by atoms with E-state index in [4.69, 9.17) is 28.3 Å². The fourth-order valence-electron chi connectivity index (χ4n) is 2.57. The van der Waals surface area contributed by atoms with E-state index in [1.54, 1.807) is 0 Å². The van der Waals surface area contributed by atoms with Crippen LogP contribution in [0, 0.1) is 5.92 Å². The van der Waals surface area contributed by atoms with Crippen molar-refractivity contribution in [2.45, 2.75) is 31.2 Å². The number of carbonyl (C=O) groups is 2. The summed E-state index contributed by atoms with van der Waals surface area (Å²) >= 11 is 11.9. The molecule has 0 saturated heterocycles. The minimum atomic E-state index is -3.83. The van der Waals surface area contributed by atoms with Crippen LogP contribution < -0.4 is 15.8 Å². The first-order chi connectivity index (χ1) is 13.5. The average Bonchev–Trinajstić information content (AvgIpc) is 2.60. The zero-order valence-electron chi connectivity index (χ0n) is 15.8. The highest BCUT2D eigenvalue weighted by Crippen LogP contribution is 2.21. The van der Waals surface area contributed by atoms with E-state index < -0.39 is 27.9 Å². The summed E-state index contributed by atoms with van der Waals surface area (Å²) in [6.45, 7) is 3.84. The molecule has 10 heteroatoms. The van der Waals surface area contributed by atoms with Gasteiger partial charge in [0.2, 0.25) is 15.9 Å². The van der Waals surface area contributed by atoms with Gasteiger partial charge in [-0.2, -0.15) is 0 Å². The van der Waals surface area contributed by atoms with Gasteiger partial charge in [0.15, 0.2) is 0 Å². The van der Waals surface area contributed by atoms with Gasteiger partial charge in [0.1, 0.15) is 6.04 Å². The van der Waals surface area contributed by atoms with E-state index >= 15 is 0 Å². The number of carbonyl (C=O) groups excluding carboxylic acids is 2. The van der Waals surface area contributed by atoms with E-state index in [-0.39, 0.29) is 21.4 Å². The molecule has 7 nitrogen and oxygen atoms in total. The molecule has 0 aliphatic heterocycles. The summed E-state index contributed by atoms with van der Waals surface area (Å²) < 4.78 is 22.6. The molecule has 2 aromatic rings. The molecule has 4 N–H and O–H groups in total. The lowest BCUT2D eigenvalue weighted by atomic mass is 10.0. The second kappa shape index (κ2) is 9.58. The van der Waals surface area contributed by atoms with Crippen molar-refractivity contribution in [3.63, 3.8) is 0 Å². The van der Waals surface area contributed by atoms with Crippen molar-refractivity contribution in [3.8, 4) is 0 Å². The number of nitrogens with two attached hydrogens (primary N) is 1. The van der Waals surface area contributed by atoms with Gasteiger partial charge in [-0.05, 0) is 54.8 Å². The molecule has 0 unspecified atom stereocenters. The molecule has 2 aromatic carbocycles. The van der Waals surface area contributed by atoms with Gasteiger partial charge in [-0.1, -0.05) is 37.0 Å². The highest BCUT2D eigenvalue weighted by molar-refractivity contribution is 7.89. The Labute approximate surface area is 179 Å². The van der Waals surface area contributed by atoms with Gasteiger partial charge < -0.3 is 10.6 Å². The Morgan fingerprint density at radius 2 is 1.69 bits per heavy atom. The maximum atomic E-state index is 12.7. The molecule has 0 heterocycles. The molecule has 0 aliphatic carbocycles. The summed E-state index contributed by atoms with van der Waals surface area (Å²) in [5.74, 6) is -0.825. The highest BCUT2D eigenvalue weighted by atomic mass is 35.5. The lowest BCUT2D eigenvalue weighted by Gasteiger charge is -2.20. The maximum absolute atomic E-state index is 12.7. The number of amides is 2. The Morgan fingerprint density at radius 3 is 2.21 bits per heavy atom. The first-order valence-electron chi connectivity index (χ1n) is 8.67. The number of hydrogen-bond donors (Lipinski definition) is 3. The van der Waals surface area contributed by atoms with Gasteiger partial charge in [-0.25, -0.2) is 13.6 Å². The van der Waals surface area contributed by atoms with Crippen molar-refractivity contribution in [1.82, 2.24) is 5.32 Å². The number of halogens is 2. The molecule has 0 aliphatic rings.